The van der Waals surface area contributed by atoms with E-state index in [0.29, 0.717) is 34.9 Å². The number of nitrogens with one attached hydrogen (secondary N) is 3. The van der Waals surface area contributed by atoms with Gasteiger partial charge in [-0.05, 0) is 18.6 Å². The molecular formula is C30H33BN4O8. The number of ether oxygens (including phenoxy) is 3. The number of amides is 3. The predicted molar refractivity (Wildman–Crippen MR) is 159 cm³/mol. The van der Waals surface area contributed by atoms with Gasteiger partial charge in [0, 0.05) is 5.69 Å². The second-order valence-corrected chi connectivity index (χ2v) is 9.90. The molecule has 224 valence electrons. The molecule has 1 aliphatic rings. The van der Waals surface area contributed by atoms with Crippen molar-refractivity contribution in [3.05, 3.63) is 77.4 Å². The maximum atomic E-state index is 13.5. The Morgan fingerprint density at radius 1 is 0.977 bits per heavy atom. The van der Waals surface area contributed by atoms with Gasteiger partial charge in [-0.2, -0.15) is 0 Å². The molecule has 1 heterocycles. The number of anilines is 2. The van der Waals surface area contributed by atoms with Gasteiger partial charge in [-0.1, -0.05) is 18.2 Å². The summed E-state index contributed by atoms with van der Waals surface area (Å²) in [5.41, 5.74) is 2.79. The third-order valence-electron chi connectivity index (χ3n) is 7.06. The summed E-state index contributed by atoms with van der Waals surface area (Å²) in [5.74, 6) is -0.270. The number of para-hydroxylation sites is 1. The number of carboxylic acid groups (broad SMARTS) is 1. The summed E-state index contributed by atoms with van der Waals surface area (Å²) in [6.07, 6.45) is 0.120. The van der Waals surface area contributed by atoms with Gasteiger partial charge < -0.3 is 5.32 Å². The van der Waals surface area contributed by atoms with Crippen LogP contribution in [-0.4, -0.2) is 74.7 Å². The fourth-order valence-electron chi connectivity index (χ4n) is 4.85. The van der Waals surface area contributed by atoms with E-state index >= 15 is 0 Å². The maximum absolute atomic E-state index is 13.5. The summed E-state index contributed by atoms with van der Waals surface area (Å²) in [7, 11) is 3.75. The van der Waals surface area contributed by atoms with Gasteiger partial charge in [0.25, 0.3) is 0 Å². The second-order valence-electron chi connectivity index (χ2n) is 9.90. The molecule has 43 heavy (non-hydrogen) atoms. The van der Waals surface area contributed by atoms with Crippen LogP contribution in [0.5, 0.6) is 17.2 Å². The Morgan fingerprint density at radius 3 is 2.42 bits per heavy atom. The smallest absolute Gasteiger partial charge is 0.307 e. The number of methoxy groups -OCH3 is 2. The standard InChI is InChI=1S/C30H33BN4O8/c1-18-6-4-5-7-23(18)33-30(39)34-24-10-8-19(12-26(24)40-2)13-28(36)35-16-22(43-31-32)15-21(35)17-42-25-11-9-20(29(37)38)14-27(25)41-3/h4-12,14,21-22,32H,13,15-17H2,1-3H3,(H,37,38)(H2,33,34,39)/t21-,22+/m0/s1. The monoisotopic (exact) mass is 588 g/mol. The predicted octanol–water partition coefficient (Wildman–Crippen LogP) is 4.34. The minimum absolute atomic E-state index is 0.0521. The van der Waals surface area contributed by atoms with Gasteiger partial charge in [-0.3, -0.25) is 0 Å². The minimum atomic E-state index is -1.09. The number of aromatic carboxylic acids is 1. The summed E-state index contributed by atoms with van der Waals surface area (Å²) in [4.78, 5) is 39.0. The Kier molecular flexibility index (Phi) is 10.2. The Balaban J connectivity index is 1.43. The molecule has 4 N–H and O–H groups in total. The van der Waals surface area contributed by atoms with Crippen LogP contribution in [0.15, 0.2) is 60.7 Å². The number of carbonyl (C=O) groups is 3. The van der Waals surface area contributed by atoms with E-state index in [4.69, 9.17) is 24.2 Å². The molecule has 4 rings (SSSR count). The van der Waals surface area contributed by atoms with Crippen molar-refractivity contribution in [1.29, 1.82) is 5.31 Å². The van der Waals surface area contributed by atoms with E-state index in [-0.39, 0.29) is 48.9 Å². The number of hydrogen-bond donors (Lipinski definition) is 4. The number of carbonyl (C=O) groups excluding carboxylic acids is 2. The van der Waals surface area contributed by atoms with Crippen LogP contribution >= 0.6 is 0 Å². The summed E-state index contributed by atoms with van der Waals surface area (Å²) in [5, 5.41) is 22.2. The SMILES string of the molecule is COc1cc(CC(=O)N2C[C@H](OB=N)C[C@H]2COc2ccc(C(=O)O)cc2OC)ccc1NC(=O)Nc1ccccc1C. The topological polar surface area (TPSA) is 160 Å². The van der Waals surface area contributed by atoms with Crippen molar-refractivity contribution in [3.63, 3.8) is 0 Å². The van der Waals surface area contributed by atoms with Crippen LogP contribution in [0.3, 0.4) is 0 Å². The first-order valence-corrected chi connectivity index (χ1v) is 13.5. The number of nitrogens with zero attached hydrogens (tertiary/aromatic N) is 1. The number of likely N-dealkylation sites (tertiary alicyclic amines) is 1. The third-order valence-corrected chi connectivity index (χ3v) is 7.06. The molecule has 3 amide bonds. The zero-order chi connectivity index (χ0) is 30.9. The average molecular weight is 588 g/mol. The molecule has 0 aliphatic carbocycles. The van der Waals surface area contributed by atoms with Crippen LogP contribution in [0.1, 0.15) is 27.9 Å². The molecule has 0 unspecified atom stereocenters. The van der Waals surface area contributed by atoms with E-state index in [1.165, 1.54) is 32.4 Å². The van der Waals surface area contributed by atoms with Crippen LogP contribution in [0.4, 0.5) is 16.2 Å². The number of hydrogen-bond acceptors (Lipinski definition) is 8. The molecule has 1 fully saturated rings. The first kappa shape index (κ1) is 30.9. The molecule has 3 aromatic carbocycles. The van der Waals surface area contributed by atoms with Crippen molar-refractivity contribution in [3.8, 4) is 17.2 Å². The quantitative estimate of drug-likeness (QED) is 0.227. The third kappa shape index (κ3) is 7.82. The number of carboxylic acids is 1. The molecule has 2 atom stereocenters. The Bertz CT molecular complexity index is 1500. The molecule has 1 aliphatic heterocycles. The van der Waals surface area contributed by atoms with E-state index in [1.807, 2.05) is 25.1 Å². The van der Waals surface area contributed by atoms with Gasteiger partial charge in [-0.15, -0.1) is 0 Å². The molecule has 0 bridgehead atoms. The number of rotatable bonds is 12. The fraction of sp³-hybridized carbons (Fsp3) is 0.300. The van der Waals surface area contributed by atoms with Crippen molar-refractivity contribution >= 4 is 36.6 Å². The number of aryl methyl sites for hydroxylation is 1. The molecule has 0 aromatic heterocycles. The molecule has 0 saturated carbocycles. The van der Waals surface area contributed by atoms with Crippen molar-refractivity contribution in [2.24, 2.45) is 0 Å². The molecule has 1 saturated heterocycles. The summed E-state index contributed by atoms with van der Waals surface area (Å²) >= 11 is 0. The Hall–Kier alpha value is -5.07. The zero-order valence-corrected chi connectivity index (χ0v) is 24.1. The number of benzene rings is 3. The minimum Gasteiger partial charge on any atom is -0.307 e. The molecule has 0 radical (unpaired) electrons. The second kappa shape index (κ2) is 14.2. The van der Waals surface area contributed by atoms with Gasteiger partial charge in [0.05, 0.1) is 0 Å². The zero-order valence-electron chi connectivity index (χ0n) is 24.1. The van der Waals surface area contributed by atoms with E-state index in [2.05, 4.69) is 10.6 Å². The van der Waals surface area contributed by atoms with Gasteiger partial charge in [0.1, 0.15) is 0 Å². The van der Waals surface area contributed by atoms with Crippen LogP contribution < -0.4 is 24.8 Å². The molecular weight excluding hydrogens is 555 g/mol. The van der Waals surface area contributed by atoms with Crippen molar-refractivity contribution in [2.75, 3.05) is 38.0 Å². The van der Waals surface area contributed by atoms with Gasteiger partial charge in [-0.25, -0.2) is 4.79 Å². The first-order valence-electron chi connectivity index (χ1n) is 13.5. The average Bonchev–Trinajstić information content (AvgIpc) is 3.40. The van der Waals surface area contributed by atoms with Gasteiger partial charge in [0.15, 0.2) is 0 Å². The summed E-state index contributed by atoms with van der Waals surface area (Å²) < 4.78 is 22.1. The van der Waals surface area contributed by atoms with Crippen molar-refractivity contribution in [1.82, 2.24) is 4.90 Å². The van der Waals surface area contributed by atoms with Crippen LogP contribution in [0.2, 0.25) is 0 Å². The van der Waals surface area contributed by atoms with Gasteiger partial charge >= 0.3 is 197 Å². The normalized spacial score (nSPS) is 15.7. The van der Waals surface area contributed by atoms with Crippen LogP contribution in [0.25, 0.3) is 0 Å². The Morgan fingerprint density at radius 2 is 1.72 bits per heavy atom. The van der Waals surface area contributed by atoms with E-state index in [1.54, 1.807) is 29.2 Å². The number of urea groups is 1. The van der Waals surface area contributed by atoms with Crippen molar-refractivity contribution < 1.29 is 38.4 Å². The fourth-order valence-corrected chi connectivity index (χ4v) is 4.85. The Labute approximate surface area is 249 Å². The molecule has 13 heteroatoms. The van der Waals surface area contributed by atoms with E-state index in [0.717, 1.165) is 12.8 Å². The molecule has 12 nitrogen and oxygen atoms in total. The molecule has 3 aromatic rings. The van der Waals surface area contributed by atoms with E-state index in [9.17, 15) is 19.5 Å². The van der Waals surface area contributed by atoms with Crippen LogP contribution in [0, 0.1) is 12.2 Å². The summed E-state index contributed by atoms with van der Waals surface area (Å²) in [6.45, 7) is 2.27. The first-order chi connectivity index (χ1) is 20.7. The summed E-state index contributed by atoms with van der Waals surface area (Å²) in [6, 6.07) is 16.0. The molecule has 0 spiro atoms. The van der Waals surface area contributed by atoms with Gasteiger partial charge in [0.2, 0.25) is 0 Å². The van der Waals surface area contributed by atoms with Crippen LogP contribution in [-0.2, 0) is 15.9 Å². The van der Waals surface area contributed by atoms with Crippen molar-refractivity contribution in [2.45, 2.75) is 31.9 Å². The van der Waals surface area contributed by atoms with E-state index < -0.39 is 12.0 Å².